The minimum Gasteiger partial charge on any atom is -0.432 e. The smallest absolute Gasteiger partial charge is 0.387 e. The van der Waals surface area contributed by atoms with Crippen molar-refractivity contribution in [3.8, 4) is 5.75 Å². The summed E-state index contributed by atoms with van der Waals surface area (Å²) in [6.07, 6.45) is 5.47. The molecule has 0 aromatic heterocycles. The molecule has 0 radical (unpaired) electrons. The molecule has 1 heterocycles. The molecule has 24 heavy (non-hydrogen) atoms. The summed E-state index contributed by atoms with van der Waals surface area (Å²) < 4.78 is 42.4. The van der Waals surface area contributed by atoms with Crippen molar-refractivity contribution in [1.82, 2.24) is 10.0 Å². The highest BCUT2D eigenvalue weighted by Gasteiger charge is 2.21. The van der Waals surface area contributed by atoms with Gasteiger partial charge in [0.05, 0.1) is 12.3 Å². The van der Waals surface area contributed by atoms with E-state index in [2.05, 4.69) is 9.84 Å². The molecule has 5 nitrogen and oxygen atoms in total. The summed E-state index contributed by atoms with van der Waals surface area (Å²) in [4.78, 5) is 0. The highest BCUT2D eigenvalue weighted by molar-refractivity contribution is 5.96. The third-order valence-electron chi connectivity index (χ3n) is 3.51. The Balaban J connectivity index is 2.22. The lowest BCUT2D eigenvalue weighted by molar-refractivity contribution is -0.0522. The average molecular weight is 340 g/mol. The number of nitrogens with zero attached hydrogens (tertiary/aromatic N) is 3. The van der Waals surface area contributed by atoms with Gasteiger partial charge in [-0.1, -0.05) is 12.1 Å². The predicted octanol–water partition coefficient (Wildman–Crippen LogP) is 2.82. The van der Waals surface area contributed by atoms with Gasteiger partial charge in [-0.15, -0.1) is 0 Å². The zero-order valence-electron chi connectivity index (χ0n) is 13.4. The van der Waals surface area contributed by atoms with Crippen LogP contribution < -0.4 is 10.6 Å². The molecule has 8 heteroatoms. The quantitative estimate of drug-likeness (QED) is 0.492. The van der Waals surface area contributed by atoms with Crippen molar-refractivity contribution in [1.29, 1.82) is 0 Å². The molecule has 0 saturated heterocycles. The van der Waals surface area contributed by atoms with E-state index in [0.717, 1.165) is 11.6 Å². The second kappa shape index (κ2) is 7.87. The van der Waals surface area contributed by atoms with Crippen LogP contribution in [0.5, 0.6) is 5.75 Å². The summed E-state index contributed by atoms with van der Waals surface area (Å²) in [6.45, 7) is -0.213. The van der Waals surface area contributed by atoms with E-state index in [1.54, 1.807) is 6.08 Å². The molecule has 1 aromatic carbocycles. The van der Waals surface area contributed by atoms with Crippen LogP contribution >= 0.6 is 0 Å². The van der Waals surface area contributed by atoms with Gasteiger partial charge in [0.1, 0.15) is 0 Å². The molecule has 0 fully saturated rings. The van der Waals surface area contributed by atoms with Gasteiger partial charge in [0.2, 0.25) is 0 Å². The minimum atomic E-state index is -3.07. The van der Waals surface area contributed by atoms with Gasteiger partial charge in [-0.05, 0) is 36.3 Å². The van der Waals surface area contributed by atoms with Crippen LogP contribution in [-0.2, 0) is 0 Å². The number of hydrogen-bond acceptors (Lipinski definition) is 5. The first-order valence-electron chi connectivity index (χ1n) is 7.27. The maximum Gasteiger partial charge on any atom is 0.387 e. The Morgan fingerprint density at radius 2 is 2.21 bits per heavy atom. The van der Waals surface area contributed by atoms with Crippen molar-refractivity contribution in [3.63, 3.8) is 0 Å². The number of halogens is 3. The van der Waals surface area contributed by atoms with Gasteiger partial charge in [-0.3, -0.25) is 0 Å². The molecule has 0 atom stereocenters. The van der Waals surface area contributed by atoms with E-state index in [9.17, 15) is 13.2 Å². The Morgan fingerprint density at radius 3 is 2.83 bits per heavy atom. The standard InChI is InChI=1S/C16H19F3N4O/c1-3-4-13(21-20)10-23-9-12(8-22(23)2)11-5-6-14(17)15(7-11)24-16(18)19/h3-7,9,16H,8,10,20H2,1-2H3/b4-3-,21-13+. The highest BCUT2D eigenvalue weighted by Crippen LogP contribution is 2.28. The van der Waals surface area contributed by atoms with Gasteiger partial charge in [-0.2, -0.15) is 13.9 Å². The Kier molecular flexibility index (Phi) is 5.86. The average Bonchev–Trinajstić information content (AvgIpc) is 2.89. The first-order chi connectivity index (χ1) is 11.4. The Bertz CT molecular complexity index is 673. The molecule has 0 amide bonds. The SMILES string of the molecule is C/C=C\C(CN1C=C(c2ccc(F)c(OC(F)F)c2)CN1C)=N/N. The molecule has 2 rings (SSSR count). The van der Waals surface area contributed by atoms with E-state index in [1.165, 1.54) is 12.1 Å². The van der Waals surface area contributed by atoms with Crippen LogP contribution in [0.2, 0.25) is 0 Å². The zero-order valence-corrected chi connectivity index (χ0v) is 13.4. The lowest BCUT2D eigenvalue weighted by Gasteiger charge is -2.24. The highest BCUT2D eigenvalue weighted by atomic mass is 19.3. The van der Waals surface area contributed by atoms with Crippen molar-refractivity contribution in [2.24, 2.45) is 10.9 Å². The summed E-state index contributed by atoms with van der Waals surface area (Å²) in [7, 11) is 1.87. The third kappa shape index (κ3) is 4.29. The molecule has 2 N–H and O–H groups in total. The van der Waals surface area contributed by atoms with Crippen molar-refractivity contribution >= 4 is 11.3 Å². The fourth-order valence-corrected chi connectivity index (χ4v) is 2.37. The summed E-state index contributed by atoms with van der Waals surface area (Å²) in [5, 5.41) is 7.52. The number of likely N-dealkylation sites (N-methyl/N-ethyl adjacent to an activating group) is 1. The number of ether oxygens (including phenoxy) is 1. The molecule has 130 valence electrons. The fraction of sp³-hybridized carbons (Fsp3) is 0.312. The van der Waals surface area contributed by atoms with Crippen LogP contribution in [0.1, 0.15) is 12.5 Å². The largest absolute Gasteiger partial charge is 0.432 e. The number of hydrazine groups is 1. The summed E-state index contributed by atoms with van der Waals surface area (Å²) in [5.74, 6) is 4.06. The van der Waals surface area contributed by atoms with E-state index in [0.29, 0.717) is 24.4 Å². The molecule has 0 spiro atoms. The summed E-state index contributed by atoms with van der Waals surface area (Å²) in [5.41, 5.74) is 2.13. The number of hydrogen-bond donors (Lipinski definition) is 1. The molecular weight excluding hydrogens is 321 g/mol. The van der Waals surface area contributed by atoms with Crippen molar-refractivity contribution in [2.75, 3.05) is 20.1 Å². The van der Waals surface area contributed by atoms with Gasteiger partial charge >= 0.3 is 6.61 Å². The first-order valence-corrected chi connectivity index (χ1v) is 7.27. The van der Waals surface area contributed by atoms with Gasteiger partial charge in [-0.25, -0.2) is 9.40 Å². The van der Waals surface area contributed by atoms with Crippen LogP contribution in [-0.4, -0.2) is 42.5 Å². The summed E-state index contributed by atoms with van der Waals surface area (Å²) >= 11 is 0. The molecule has 1 aromatic rings. The van der Waals surface area contributed by atoms with Crippen molar-refractivity contribution in [2.45, 2.75) is 13.5 Å². The first kappa shape index (κ1) is 17.9. The minimum absolute atomic E-state index is 0.461. The number of allylic oxidation sites excluding steroid dienone is 1. The maximum atomic E-state index is 13.5. The van der Waals surface area contributed by atoms with E-state index >= 15 is 0 Å². The third-order valence-corrected chi connectivity index (χ3v) is 3.51. The van der Waals surface area contributed by atoms with Crippen molar-refractivity contribution in [3.05, 3.63) is 47.9 Å². The molecule has 0 unspecified atom stereocenters. The van der Waals surface area contributed by atoms with E-state index in [1.807, 2.05) is 36.3 Å². The maximum absolute atomic E-state index is 13.5. The molecule has 0 bridgehead atoms. The Labute approximate surface area is 138 Å². The molecule has 0 saturated carbocycles. The van der Waals surface area contributed by atoms with Crippen LogP contribution in [0.15, 0.2) is 41.7 Å². The Hall–Kier alpha value is -2.48. The Morgan fingerprint density at radius 1 is 1.46 bits per heavy atom. The number of benzene rings is 1. The van der Waals surface area contributed by atoms with Crippen LogP contribution in [0.4, 0.5) is 13.2 Å². The molecule has 1 aliphatic heterocycles. The fourth-order valence-electron chi connectivity index (χ4n) is 2.37. The topological polar surface area (TPSA) is 54.1 Å². The number of hydrazone groups is 1. The molecule has 1 aliphatic rings. The second-order valence-electron chi connectivity index (χ2n) is 5.21. The van der Waals surface area contributed by atoms with Gasteiger partial charge in [0.25, 0.3) is 0 Å². The lowest BCUT2D eigenvalue weighted by Crippen LogP contribution is -2.35. The van der Waals surface area contributed by atoms with Crippen molar-refractivity contribution < 1.29 is 17.9 Å². The van der Waals surface area contributed by atoms with Gasteiger partial charge in [0, 0.05) is 19.8 Å². The van der Waals surface area contributed by atoms with Crippen LogP contribution in [0.25, 0.3) is 5.57 Å². The van der Waals surface area contributed by atoms with E-state index in [4.69, 9.17) is 5.84 Å². The second-order valence-corrected chi connectivity index (χ2v) is 5.21. The number of alkyl halides is 2. The van der Waals surface area contributed by atoms with E-state index < -0.39 is 18.2 Å². The van der Waals surface area contributed by atoms with Crippen LogP contribution in [0.3, 0.4) is 0 Å². The van der Waals surface area contributed by atoms with E-state index in [-0.39, 0.29) is 0 Å². The number of rotatable bonds is 6. The molecule has 0 aliphatic carbocycles. The predicted molar refractivity (Wildman–Crippen MR) is 86.8 cm³/mol. The van der Waals surface area contributed by atoms with Gasteiger partial charge < -0.3 is 15.6 Å². The molecular formula is C16H19F3N4O. The van der Waals surface area contributed by atoms with Crippen LogP contribution in [0, 0.1) is 5.82 Å². The lowest BCUT2D eigenvalue weighted by atomic mass is 10.1. The monoisotopic (exact) mass is 340 g/mol. The van der Waals surface area contributed by atoms with Gasteiger partial charge in [0.15, 0.2) is 11.6 Å². The number of nitrogens with two attached hydrogens (primary N) is 1. The summed E-state index contributed by atoms with van der Waals surface area (Å²) in [6, 6.07) is 3.92. The normalized spacial score (nSPS) is 16.3. The zero-order chi connectivity index (χ0) is 17.7.